The van der Waals surface area contributed by atoms with Crippen molar-refractivity contribution in [2.24, 2.45) is 0 Å². The monoisotopic (exact) mass is 714 g/mol. The molecule has 4 aromatic heterocycles. The highest BCUT2D eigenvalue weighted by atomic mass is 79.9. The Morgan fingerprint density at radius 1 is 0.682 bits per heavy atom. The third-order valence-electron chi connectivity index (χ3n) is 5.97. The van der Waals surface area contributed by atoms with Crippen LogP contribution in [-0.4, -0.2) is 36.9 Å². The molecule has 0 fully saturated rings. The molecular formula is C31H25BBr2N6O4. The first-order chi connectivity index (χ1) is 21.4. The van der Waals surface area contributed by atoms with Crippen molar-refractivity contribution < 1.29 is 19.1 Å². The van der Waals surface area contributed by atoms with E-state index in [1.54, 1.807) is 30.3 Å². The Morgan fingerprint density at radius 3 is 1.91 bits per heavy atom. The Hall–Kier alpha value is -4.69. The van der Waals surface area contributed by atoms with E-state index in [1.165, 1.54) is 12.5 Å². The van der Waals surface area contributed by atoms with Crippen molar-refractivity contribution in [3.8, 4) is 11.3 Å². The molecular weight excluding hydrogens is 691 g/mol. The molecule has 13 heteroatoms. The molecule has 4 N–H and O–H groups in total. The lowest BCUT2D eigenvalue weighted by Crippen LogP contribution is -2.29. The number of nitrogens with one attached hydrogen (secondary N) is 2. The highest BCUT2D eigenvalue weighted by molar-refractivity contribution is 9.10. The Labute approximate surface area is 269 Å². The van der Waals surface area contributed by atoms with E-state index in [2.05, 4.69) is 74.3 Å². The number of hydrogen-bond donors (Lipinski definition) is 4. The van der Waals surface area contributed by atoms with Gasteiger partial charge in [0.15, 0.2) is 11.6 Å². The van der Waals surface area contributed by atoms with Gasteiger partial charge in [0.05, 0.1) is 11.9 Å². The summed E-state index contributed by atoms with van der Waals surface area (Å²) in [5.41, 5.74) is 5.49. The summed E-state index contributed by atoms with van der Waals surface area (Å²) in [6.07, 6.45) is 6.96. The molecule has 3 aromatic carbocycles. The summed E-state index contributed by atoms with van der Waals surface area (Å²) in [6, 6.07) is 32.3. The maximum atomic E-state index is 8.68. The van der Waals surface area contributed by atoms with E-state index in [4.69, 9.17) is 19.1 Å². The van der Waals surface area contributed by atoms with Crippen LogP contribution in [0.15, 0.2) is 146 Å². The van der Waals surface area contributed by atoms with Crippen LogP contribution >= 0.6 is 31.9 Å². The first-order valence-corrected chi connectivity index (χ1v) is 14.8. The van der Waals surface area contributed by atoms with Gasteiger partial charge in [-0.3, -0.25) is 4.40 Å². The number of hydrogen-bond acceptors (Lipinski definition) is 9. The third-order valence-corrected chi connectivity index (χ3v) is 6.95. The molecule has 0 aliphatic carbocycles. The Bertz CT molecular complexity index is 1900. The highest BCUT2D eigenvalue weighted by Gasteiger charge is 2.09. The minimum atomic E-state index is -1.38. The molecule has 0 amide bonds. The minimum Gasteiger partial charge on any atom is -0.423 e. The van der Waals surface area contributed by atoms with Crippen molar-refractivity contribution >= 4 is 73.1 Å². The summed E-state index contributed by atoms with van der Waals surface area (Å²) in [4.78, 5) is 4.42. The van der Waals surface area contributed by atoms with Crippen molar-refractivity contribution in [3.63, 3.8) is 0 Å². The van der Waals surface area contributed by atoms with E-state index in [9.17, 15) is 0 Å². The maximum Gasteiger partial charge on any atom is 0.488 e. The van der Waals surface area contributed by atoms with Gasteiger partial charge < -0.3 is 29.7 Å². The second-order valence-electron chi connectivity index (χ2n) is 9.11. The van der Waals surface area contributed by atoms with Gasteiger partial charge in [0.2, 0.25) is 0 Å². The predicted molar refractivity (Wildman–Crippen MR) is 178 cm³/mol. The second-order valence-corrected chi connectivity index (χ2v) is 10.9. The van der Waals surface area contributed by atoms with Crippen LogP contribution in [0.5, 0.6) is 0 Å². The summed E-state index contributed by atoms with van der Waals surface area (Å²) in [5, 5.41) is 31.2. The lowest BCUT2D eigenvalue weighted by Gasteiger charge is -2.06. The van der Waals surface area contributed by atoms with Gasteiger partial charge in [-0.05, 0) is 60.1 Å². The van der Waals surface area contributed by atoms with Crippen molar-refractivity contribution in [1.29, 1.82) is 0 Å². The molecule has 0 aliphatic heterocycles. The van der Waals surface area contributed by atoms with Crippen LogP contribution in [0.4, 0.5) is 23.0 Å². The van der Waals surface area contributed by atoms with Crippen molar-refractivity contribution in [2.75, 3.05) is 10.6 Å². The van der Waals surface area contributed by atoms with Crippen LogP contribution in [0.3, 0.4) is 0 Å². The SMILES string of the molecule is Brc1cccc(Nc2ccon2)c1.OB(O)c1cccc(Br)c1.c1cc(Nc2ccon2)cc(-c2cnc3ccccn23)c1. The number of benzene rings is 3. The summed E-state index contributed by atoms with van der Waals surface area (Å²) >= 11 is 6.59. The van der Waals surface area contributed by atoms with Crippen molar-refractivity contribution in [1.82, 2.24) is 19.7 Å². The fourth-order valence-corrected chi connectivity index (χ4v) is 4.80. The topological polar surface area (TPSA) is 134 Å². The number of halogens is 2. The molecule has 10 nitrogen and oxygen atoms in total. The van der Waals surface area contributed by atoms with E-state index < -0.39 is 7.12 Å². The maximum absolute atomic E-state index is 8.68. The largest absolute Gasteiger partial charge is 0.488 e. The molecule has 7 rings (SSSR count). The zero-order valence-corrected chi connectivity index (χ0v) is 26.1. The van der Waals surface area contributed by atoms with Crippen LogP contribution in [0.25, 0.3) is 16.9 Å². The van der Waals surface area contributed by atoms with Crippen molar-refractivity contribution in [2.45, 2.75) is 0 Å². The van der Waals surface area contributed by atoms with Gasteiger partial charge in [0, 0.05) is 44.2 Å². The molecule has 0 aliphatic rings. The van der Waals surface area contributed by atoms with Crippen LogP contribution in [0.1, 0.15) is 0 Å². The summed E-state index contributed by atoms with van der Waals surface area (Å²) in [7, 11) is -1.38. The van der Waals surface area contributed by atoms with Crippen molar-refractivity contribution in [3.05, 3.63) is 137 Å². The van der Waals surface area contributed by atoms with Gasteiger partial charge in [-0.1, -0.05) is 78.6 Å². The normalized spacial score (nSPS) is 10.3. The standard InChI is InChI=1S/C16H12N4O.C9H7BrN2O.C6H6BBrO2/c1-2-8-20-14(11-17-16(20)6-1)12-4-3-5-13(10-12)18-15-7-9-21-19-15;10-7-2-1-3-8(6-7)11-9-4-5-13-12-9;8-6-3-1-2-5(4-6)7(9)10/h1-11H,(H,18,19);1-6H,(H,11,12);1-4,9-10H. The van der Waals surface area contributed by atoms with Crippen LogP contribution in [0, 0.1) is 0 Å². The van der Waals surface area contributed by atoms with Gasteiger partial charge in [-0.2, -0.15) is 0 Å². The van der Waals surface area contributed by atoms with E-state index in [0.29, 0.717) is 17.1 Å². The molecule has 0 saturated heterocycles. The number of anilines is 4. The molecule has 7 aromatic rings. The molecule has 0 unspecified atom stereocenters. The summed E-state index contributed by atoms with van der Waals surface area (Å²) in [5.74, 6) is 1.39. The molecule has 0 bridgehead atoms. The molecule has 0 radical (unpaired) electrons. The number of aromatic nitrogens is 4. The average molecular weight is 716 g/mol. The van der Waals surface area contributed by atoms with Crippen LogP contribution in [0.2, 0.25) is 0 Å². The van der Waals surface area contributed by atoms with E-state index in [-0.39, 0.29) is 0 Å². The first-order valence-electron chi connectivity index (χ1n) is 13.2. The minimum absolute atomic E-state index is 0.495. The zero-order chi connectivity index (χ0) is 30.7. The Balaban J connectivity index is 0.000000143. The summed E-state index contributed by atoms with van der Waals surface area (Å²) < 4.78 is 13.5. The molecule has 44 heavy (non-hydrogen) atoms. The zero-order valence-electron chi connectivity index (χ0n) is 23.0. The van der Waals surface area contributed by atoms with Gasteiger partial charge >= 0.3 is 7.12 Å². The van der Waals surface area contributed by atoms with Gasteiger partial charge in [-0.15, -0.1) is 0 Å². The average Bonchev–Trinajstić information content (AvgIpc) is 3.81. The Morgan fingerprint density at radius 2 is 1.32 bits per heavy atom. The molecule has 220 valence electrons. The smallest absolute Gasteiger partial charge is 0.423 e. The fraction of sp³-hybridized carbons (Fsp3) is 0. The van der Waals surface area contributed by atoms with E-state index in [0.717, 1.165) is 37.2 Å². The van der Waals surface area contributed by atoms with Crippen LogP contribution in [-0.2, 0) is 0 Å². The lowest BCUT2D eigenvalue weighted by atomic mass is 9.81. The molecule has 0 saturated carbocycles. The molecule has 4 heterocycles. The highest BCUT2D eigenvalue weighted by Crippen LogP contribution is 2.25. The Kier molecular flexibility index (Phi) is 10.6. The quantitative estimate of drug-likeness (QED) is 0.134. The fourth-order valence-electron chi connectivity index (χ4n) is 3.99. The molecule has 0 spiro atoms. The third kappa shape index (κ3) is 8.68. The number of nitrogens with zero attached hydrogens (tertiary/aromatic N) is 4. The van der Waals surface area contributed by atoms with E-state index in [1.807, 2.05) is 73.1 Å². The first kappa shape index (κ1) is 30.8. The van der Waals surface area contributed by atoms with Gasteiger partial charge in [0.25, 0.3) is 0 Å². The number of imidazole rings is 1. The van der Waals surface area contributed by atoms with Gasteiger partial charge in [-0.25, -0.2) is 4.98 Å². The number of rotatable bonds is 6. The lowest BCUT2D eigenvalue weighted by molar-refractivity contribution is 0.423. The second kappa shape index (κ2) is 15.2. The number of fused-ring (bicyclic) bond motifs is 1. The van der Waals surface area contributed by atoms with E-state index >= 15 is 0 Å². The van der Waals surface area contributed by atoms with Gasteiger partial charge in [0.1, 0.15) is 18.2 Å². The van der Waals surface area contributed by atoms with Crippen LogP contribution < -0.4 is 16.1 Å². The predicted octanol–water partition coefficient (Wildman–Crippen LogP) is 7.04. The molecule has 0 atom stereocenters. The summed E-state index contributed by atoms with van der Waals surface area (Å²) in [6.45, 7) is 0. The number of pyridine rings is 1.